The highest BCUT2D eigenvalue weighted by molar-refractivity contribution is 5.41. The fraction of sp³-hybridized carbons (Fsp3) is 0.600. The van der Waals surface area contributed by atoms with E-state index in [0.29, 0.717) is 0 Å². The minimum Gasteiger partial charge on any atom is -0.497 e. The van der Waals surface area contributed by atoms with Crippen molar-refractivity contribution < 1.29 is 9.47 Å². The van der Waals surface area contributed by atoms with Crippen molar-refractivity contribution in [3.63, 3.8) is 0 Å². The van der Waals surface area contributed by atoms with E-state index in [1.165, 1.54) is 5.56 Å². The summed E-state index contributed by atoms with van der Waals surface area (Å²) in [5, 5.41) is 3.47. The van der Waals surface area contributed by atoms with Gasteiger partial charge in [0.05, 0.1) is 14.2 Å². The summed E-state index contributed by atoms with van der Waals surface area (Å²) in [5.41, 5.74) is 1.37. The van der Waals surface area contributed by atoms with Crippen molar-refractivity contribution in [2.75, 3.05) is 41.4 Å². The lowest BCUT2D eigenvalue weighted by molar-refractivity contribution is 0.171. The quantitative estimate of drug-likeness (QED) is 0.874. The molecule has 1 saturated heterocycles. The first-order chi connectivity index (χ1) is 9.11. The van der Waals surface area contributed by atoms with Crippen LogP contribution < -0.4 is 14.8 Å². The molecule has 1 atom stereocenters. The number of nitrogens with zero attached hydrogens (tertiary/aromatic N) is 1. The maximum atomic E-state index is 5.49. The molecule has 0 aliphatic carbocycles. The van der Waals surface area contributed by atoms with Crippen LogP contribution in [0.15, 0.2) is 18.2 Å². The van der Waals surface area contributed by atoms with Crippen molar-refractivity contribution in [2.45, 2.75) is 18.4 Å². The number of hydrogen-bond acceptors (Lipinski definition) is 4. The molecule has 4 nitrogen and oxygen atoms in total. The molecular formula is C15H24N2O2. The molecule has 0 aromatic heterocycles. The lowest BCUT2D eigenvalue weighted by atomic mass is 9.88. The number of methoxy groups -OCH3 is 2. The number of nitrogens with one attached hydrogen (secondary N) is 1. The predicted octanol–water partition coefficient (Wildman–Crippen LogP) is 1.54. The van der Waals surface area contributed by atoms with Crippen molar-refractivity contribution in [1.29, 1.82) is 0 Å². The predicted molar refractivity (Wildman–Crippen MR) is 77.2 cm³/mol. The zero-order valence-corrected chi connectivity index (χ0v) is 12.3. The third-order valence-electron chi connectivity index (χ3n) is 4.18. The molecule has 1 aromatic carbocycles. The van der Waals surface area contributed by atoms with E-state index in [0.717, 1.165) is 37.4 Å². The summed E-state index contributed by atoms with van der Waals surface area (Å²) in [5.74, 6) is 1.82. The molecule has 1 aromatic rings. The minimum absolute atomic E-state index is 0.166. The second-order valence-electron chi connectivity index (χ2n) is 5.40. The van der Waals surface area contributed by atoms with Gasteiger partial charge in [-0.3, -0.25) is 0 Å². The van der Waals surface area contributed by atoms with Gasteiger partial charge in [-0.1, -0.05) is 0 Å². The molecule has 106 valence electrons. The molecule has 0 saturated carbocycles. The second-order valence-corrected chi connectivity index (χ2v) is 5.40. The van der Waals surface area contributed by atoms with Gasteiger partial charge in [0.1, 0.15) is 11.5 Å². The fourth-order valence-corrected chi connectivity index (χ4v) is 2.80. The maximum absolute atomic E-state index is 5.49. The van der Waals surface area contributed by atoms with E-state index in [2.05, 4.69) is 30.4 Å². The van der Waals surface area contributed by atoms with Crippen LogP contribution in [0.1, 0.15) is 12.0 Å². The van der Waals surface area contributed by atoms with E-state index in [1.54, 1.807) is 14.2 Å². The van der Waals surface area contributed by atoms with E-state index in [9.17, 15) is 0 Å². The van der Waals surface area contributed by atoms with Gasteiger partial charge < -0.3 is 19.7 Å². The Balaban J connectivity index is 2.30. The summed E-state index contributed by atoms with van der Waals surface area (Å²) in [4.78, 5) is 2.33. The minimum atomic E-state index is 0.166. The van der Waals surface area contributed by atoms with Gasteiger partial charge in [0.25, 0.3) is 0 Å². The van der Waals surface area contributed by atoms with Crippen LogP contribution in [0, 0.1) is 0 Å². The molecule has 0 amide bonds. The number of ether oxygens (including phenoxy) is 2. The van der Waals surface area contributed by atoms with Crippen molar-refractivity contribution in [2.24, 2.45) is 0 Å². The summed E-state index contributed by atoms with van der Waals surface area (Å²) < 4.78 is 10.8. The monoisotopic (exact) mass is 264 g/mol. The molecule has 1 heterocycles. The molecule has 1 aliphatic rings. The zero-order valence-electron chi connectivity index (χ0n) is 12.3. The topological polar surface area (TPSA) is 33.7 Å². The van der Waals surface area contributed by atoms with Crippen LogP contribution in [-0.2, 0) is 6.42 Å². The fourth-order valence-electron chi connectivity index (χ4n) is 2.80. The standard InChI is InChI=1S/C15H24N2O2/c1-17(2)15(7-8-16-11-15)10-12-9-13(18-3)5-6-14(12)19-4/h5-6,9,16H,7-8,10-11H2,1-4H3. The number of hydrogen-bond donors (Lipinski definition) is 1. The smallest absolute Gasteiger partial charge is 0.122 e. The molecule has 1 unspecified atom stereocenters. The van der Waals surface area contributed by atoms with Gasteiger partial charge in [-0.25, -0.2) is 0 Å². The first-order valence-corrected chi connectivity index (χ1v) is 6.70. The van der Waals surface area contributed by atoms with Crippen LogP contribution in [-0.4, -0.2) is 51.8 Å². The Kier molecular flexibility index (Phi) is 4.32. The highest BCUT2D eigenvalue weighted by atomic mass is 16.5. The van der Waals surface area contributed by atoms with E-state index in [1.807, 2.05) is 12.1 Å². The summed E-state index contributed by atoms with van der Waals surface area (Å²) in [6.07, 6.45) is 2.12. The van der Waals surface area contributed by atoms with Crippen LogP contribution in [0.2, 0.25) is 0 Å². The van der Waals surface area contributed by atoms with Crippen molar-refractivity contribution in [3.05, 3.63) is 23.8 Å². The van der Waals surface area contributed by atoms with Gasteiger partial charge >= 0.3 is 0 Å². The number of benzene rings is 1. The van der Waals surface area contributed by atoms with Crippen molar-refractivity contribution >= 4 is 0 Å². The summed E-state index contributed by atoms with van der Waals surface area (Å²) in [7, 11) is 7.73. The van der Waals surface area contributed by atoms with Crippen LogP contribution in [0.5, 0.6) is 11.5 Å². The summed E-state index contributed by atoms with van der Waals surface area (Å²) in [6, 6.07) is 6.01. The molecule has 1 aliphatic heterocycles. The van der Waals surface area contributed by atoms with E-state index < -0.39 is 0 Å². The SMILES string of the molecule is COc1ccc(OC)c(CC2(N(C)C)CCNC2)c1. The van der Waals surface area contributed by atoms with Gasteiger partial charge in [-0.15, -0.1) is 0 Å². The molecule has 0 radical (unpaired) electrons. The maximum Gasteiger partial charge on any atom is 0.122 e. The number of rotatable bonds is 5. The molecule has 0 spiro atoms. The van der Waals surface area contributed by atoms with Crippen LogP contribution in [0.4, 0.5) is 0 Å². The lowest BCUT2D eigenvalue weighted by Gasteiger charge is -2.36. The summed E-state index contributed by atoms with van der Waals surface area (Å²) in [6.45, 7) is 2.09. The van der Waals surface area contributed by atoms with Gasteiger partial charge in [-0.05, 0) is 57.2 Å². The Hall–Kier alpha value is -1.26. The first kappa shape index (κ1) is 14.2. The van der Waals surface area contributed by atoms with Crippen LogP contribution in [0.25, 0.3) is 0 Å². The second kappa shape index (κ2) is 5.80. The van der Waals surface area contributed by atoms with Gasteiger partial charge in [0.15, 0.2) is 0 Å². The van der Waals surface area contributed by atoms with E-state index in [4.69, 9.17) is 9.47 Å². The Labute approximate surface area is 115 Å². The Morgan fingerprint density at radius 1 is 1.26 bits per heavy atom. The Morgan fingerprint density at radius 3 is 2.58 bits per heavy atom. The van der Waals surface area contributed by atoms with Crippen molar-refractivity contribution in [3.8, 4) is 11.5 Å². The Bertz CT molecular complexity index is 426. The van der Waals surface area contributed by atoms with E-state index >= 15 is 0 Å². The molecule has 4 heteroatoms. The van der Waals surface area contributed by atoms with Crippen LogP contribution >= 0.6 is 0 Å². The summed E-state index contributed by atoms with van der Waals surface area (Å²) >= 11 is 0. The molecule has 1 fully saturated rings. The Morgan fingerprint density at radius 2 is 2.05 bits per heavy atom. The van der Waals surface area contributed by atoms with Crippen molar-refractivity contribution in [1.82, 2.24) is 10.2 Å². The van der Waals surface area contributed by atoms with Gasteiger partial charge in [0.2, 0.25) is 0 Å². The van der Waals surface area contributed by atoms with Crippen LogP contribution in [0.3, 0.4) is 0 Å². The third kappa shape index (κ3) is 2.85. The highest BCUT2D eigenvalue weighted by Crippen LogP contribution is 2.32. The lowest BCUT2D eigenvalue weighted by Crippen LogP contribution is -2.48. The first-order valence-electron chi connectivity index (χ1n) is 6.70. The number of likely N-dealkylation sites (N-methyl/N-ethyl adjacent to an activating group) is 1. The molecule has 19 heavy (non-hydrogen) atoms. The highest BCUT2D eigenvalue weighted by Gasteiger charge is 2.36. The van der Waals surface area contributed by atoms with Gasteiger partial charge in [0, 0.05) is 12.1 Å². The molecule has 0 bridgehead atoms. The average molecular weight is 264 g/mol. The van der Waals surface area contributed by atoms with E-state index in [-0.39, 0.29) is 5.54 Å². The third-order valence-corrected chi connectivity index (χ3v) is 4.18. The molecule has 1 N–H and O–H groups in total. The molecular weight excluding hydrogens is 240 g/mol. The largest absolute Gasteiger partial charge is 0.497 e. The average Bonchev–Trinajstić information content (AvgIpc) is 2.88. The zero-order chi connectivity index (χ0) is 13.9. The normalized spacial score (nSPS) is 22.8. The molecule has 2 rings (SSSR count). The van der Waals surface area contributed by atoms with Gasteiger partial charge in [-0.2, -0.15) is 0 Å².